The molecule has 0 aromatic heterocycles. The van der Waals surface area contributed by atoms with E-state index in [0.717, 1.165) is 0 Å². The van der Waals surface area contributed by atoms with Crippen LogP contribution in [-0.2, 0) is 14.3 Å². The van der Waals surface area contributed by atoms with E-state index in [4.69, 9.17) is 4.74 Å². The summed E-state index contributed by atoms with van der Waals surface area (Å²) in [7, 11) is 0. The molecule has 5 rings (SSSR count). The van der Waals surface area contributed by atoms with Crippen LogP contribution in [0.2, 0.25) is 0 Å². The minimum Gasteiger partial charge on any atom is -0.393 e. The highest BCUT2D eigenvalue weighted by atomic mass is 16.6. The highest BCUT2D eigenvalue weighted by Crippen LogP contribution is 2.74. The molecular weight excluding hydrogens is 240 g/mol. The molecule has 3 nitrogen and oxygen atoms in total. The monoisotopic (exact) mass is 258 g/mol. The van der Waals surface area contributed by atoms with Gasteiger partial charge in [0.1, 0.15) is 0 Å². The van der Waals surface area contributed by atoms with E-state index in [1.165, 1.54) is 19.3 Å². The molecule has 0 amide bonds. The van der Waals surface area contributed by atoms with Gasteiger partial charge in [0.25, 0.3) is 0 Å². The van der Waals surface area contributed by atoms with Gasteiger partial charge in [0.15, 0.2) is 0 Å². The molecule has 3 heteroatoms. The van der Waals surface area contributed by atoms with Crippen LogP contribution in [-0.4, -0.2) is 11.9 Å². The summed E-state index contributed by atoms with van der Waals surface area (Å²) >= 11 is 0. The molecule has 0 N–H and O–H groups in total. The Kier molecular flexibility index (Phi) is 1.58. The van der Waals surface area contributed by atoms with Crippen LogP contribution in [0.5, 0.6) is 0 Å². The van der Waals surface area contributed by atoms with Crippen molar-refractivity contribution in [2.24, 2.45) is 40.9 Å². The Balaban J connectivity index is 1.74. The van der Waals surface area contributed by atoms with Crippen molar-refractivity contribution in [3.8, 4) is 0 Å². The maximum Gasteiger partial charge on any atom is 0.318 e. The maximum atomic E-state index is 12.1. The second kappa shape index (κ2) is 2.82. The highest BCUT2D eigenvalue weighted by molar-refractivity contribution is 5.99. The first-order chi connectivity index (χ1) is 9.01. The Labute approximate surface area is 112 Å². The van der Waals surface area contributed by atoms with Crippen molar-refractivity contribution in [2.45, 2.75) is 33.1 Å². The van der Waals surface area contributed by atoms with Gasteiger partial charge in [-0.05, 0) is 36.5 Å². The summed E-state index contributed by atoms with van der Waals surface area (Å²) in [5, 5.41) is 0. The number of ether oxygens (including phenoxy) is 1. The van der Waals surface area contributed by atoms with Crippen LogP contribution in [0.3, 0.4) is 0 Å². The normalized spacial score (nSPS) is 51.9. The third-order valence-corrected chi connectivity index (χ3v) is 6.77. The average molecular weight is 258 g/mol. The fraction of sp³-hybridized carbons (Fsp3) is 0.750. The lowest BCUT2D eigenvalue weighted by molar-refractivity contribution is -0.155. The minimum atomic E-state index is -0.245. The lowest BCUT2D eigenvalue weighted by Gasteiger charge is -2.30. The SMILES string of the molecule is CC1(C)[C@H]2C3=C([C@H]4CC[C@H]3C4)[C@H]1[C@H]1C(=O)OC(=O)[C@H]12. The second-order valence-corrected chi connectivity index (χ2v) is 7.69. The van der Waals surface area contributed by atoms with Gasteiger partial charge in [0.05, 0.1) is 11.8 Å². The predicted octanol–water partition coefficient (Wildman–Crippen LogP) is 2.31. The molecular formula is C16H18O3. The summed E-state index contributed by atoms with van der Waals surface area (Å²) in [5.74, 6) is 1.17. The molecule has 6 atom stereocenters. The van der Waals surface area contributed by atoms with Crippen LogP contribution in [0.15, 0.2) is 11.1 Å². The van der Waals surface area contributed by atoms with Crippen molar-refractivity contribution < 1.29 is 14.3 Å². The zero-order chi connectivity index (χ0) is 13.1. The van der Waals surface area contributed by atoms with Crippen molar-refractivity contribution in [2.75, 3.05) is 0 Å². The lowest BCUT2D eigenvalue weighted by atomic mass is 9.72. The van der Waals surface area contributed by atoms with Crippen LogP contribution in [0, 0.1) is 40.9 Å². The minimum absolute atomic E-state index is 0.0797. The number of rotatable bonds is 0. The summed E-state index contributed by atoms with van der Waals surface area (Å²) < 4.78 is 4.95. The number of hydrogen-bond acceptors (Lipinski definition) is 3. The van der Waals surface area contributed by atoms with E-state index in [1.807, 2.05) is 0 Å². The van der Waals surface area contributed by atoms with E-state index < -0.39 is 0 Å². The van der Waals surface area contributed by atoms with Crippen LogP contribution in [0.4, 0.5) is 0 Å². The summed E-state index contributed by atoms with van der Waals surface area (Å²) in [5.41, 5.74) is 3.24. The number of hydrogen-bond donors (Lipinski definition) is 0. The van der Waals surface area contributed by atoms with Crippen molar-refractivity contribution in [1.82, 2.24) is 0 Å². The van der Waals surface area contributed by atoms with Gasteiger partial charge in [-0.2, -0.15) is 0 Å². The zero-order valence-corrected chi connectivity index (χ0v) is 11.3. The molecule has 2 saturated carbocycles. The molecule has 4 bridgehead atoms. The zero-order valence-electron chi connectivity index (χ0n) is 11.3. The number of carbonyl (C=O) groups is 2. The Morgan fingerprint density at radius 3 is 1.89 bits per heavy atom. The number of esters is 2. The van der Waals surface area contributed by atoms with Crippen LogP contribution in [0.1, 0.15) is 33.1 Å². The summed E-state index contributed by atoms with van der Waals surface area (Å²) in [6.45, 7) is 4.53. The molecule has 0 radical (unpaired) electrons. The number of fused-ring (bicyclic) bond motifs is 11. The van der Waals surface area contributed by atoms with Crippen LogP contribution >= 0.6 is 0 Å². The molecule has 100 valence electrons. The van der Waals surface area contributed by atoms with E-state index in [0.29, 0.717) is 11.8 Å². The van der Waals surface area contributed by atoms with E-state index in [1.54, 1.807) is 11.1 Å². The quantitative estimate of drug-likeness (QED) is 0.290. The van der Waals surface area contributed by atoms with Gasteiger partial charge in [0, 0.05) is 11.8 Å². The molecule has 19 heavy (non-hydrogen) atoms. The fourth-order valence-electron chi connectivity index (χ4n) is 6.41. The molecule has 4 aliphatic carbocycles. The number of allylic oxidation sites excluding steroid dienone is 2. The Bertz CT molecular complexity index is 525. The van der Waals surface area contributed by atoms with Crippen molar-refractivity contribution in [3.05, 3.63) is 11.1 Å². The first kappa shape index (κ1) is 10.6. The van der Waals surface area contributed by atoms with Gasteiger partial charge in [0.2, 0.25) is 0 Å². The van der Waals surface area contributed by atoms with Crippen molar-refractivity contribution in [1.29, 1.82) is 0 Å². The van der Waals surface area contributed by atoms with E-state index >= 15 is 0 Å². The van der Waals surface area contributed by atoms with Gasteiger partial charge in [-0.1, -0.05) is 25.0 Å². The first-order valence-corrected chi connectivity index (χ1v) is 7.51. The smallest absolute Gasteiger partial charge is 0.318 e. The largest absolute Gasteiger partial charge is 0.393 e. The van der Waals surface area contributed by atoms with Gasteiger partial charge < -0.3 is 4.74 Å². The van der Waals surface area contributed by atoms with Gasteiger partial charge in [-0.25, -0.2) is 0 Å². The Morgan fingerprint density at radius 2 is 1.42 bits per heavy atom. The van der Waals surface area contributed by atoms with Gasteiger partial charge in [-0.15, -0.1) is 0 Å². The van der Waals surface area contributed by atoms with Crippen molar-refractivity contribution >= 4 is 11.9 Å². The molecule has 0 aromatic carbocycles. The van der Waals surface area contributed by atoms with Crippen molar-refractivity contribution in [3.63, 3.8) is 0 Å². The van der Waals surface area contributed by atoms with E-state index in [2.05, 4.69) is 13.8 Å². The van der Waals surface area contributed by atoms with Crippen LogP contribution < -0.4 is 0 Å². The molecule has 1 saturated heterocycles. The van der Waals surface area contributed by atoms with E-state index in [9.17, 15) is 9.59 Å². The molecule has 0 spiro atoms. The number of cyclic esters (lactones) is 2. The molecule has 0 aromatic rings. The lowest BCUT2D eigenvalue weighted by Crippen LogP contribution is -2.29. The third-order valence-electron chi connectivity index (χ3n) is 6.77. The molecule has 0 unspecified atom stereocenters. The fourth-order valence-corrected chi connectivity index (χ4v) is 6.41. The topological polar surface area (TPSA) is 43.4 Å². The standard InChI is InChI=1S/C16H18O3/c1-16(2)12-8-6-3-4-7(5-6)9(8)13(16)11-10(12)14(17)19-15(11)18/h6-7,10-13H,3-5H2,1-2H3/t6-,7-,10-,11+,12-,13-/m0/s1. The number of carbonyl (C=O) groups excluding carboxylic acids is 2. The molecule has 1 heterocycles. The Hall–Kier alpha value is -1.12. The Morgan fingerprint density at radius 1 is 0.947 bits per heavy atom. The first-order valence-electron chi connectivity index (χ1n) is 7.51. The van der Waals surface area contributed by atoms with Gasteiger partial charge in [-0.3, -0.25) is 9.59 Å². The third kappa shape index (κ3) is 0.916. The summed E-state index contributed by atoms with van der Waals surface area (Å²) in [4.78, 5) is 24.1. The molecule has 3 fully saturated rings. The average Bonchev–Trinajstić information content (AvgIpc) is 3.07. The van der Waals surface area contributed by atoms with Gasteiger partial charge >= 0.3 is 11.9 Å². The second-order valence-electron chi connectivity index (χ2n) is 7.69. The predicted molar refractivity (Wildman–Crippen MR) is 66.7 cm³/mol. The maximum absolute atomic E-state index is 12.1. The summed E-state index contributed by atoms with van der Waals surface area (Å²) in [6.07, 6.45) is 3.88. The molecule has 1 aliphatic heterocycles. The van der Waals surface area contributed by atoms with Crippen LogP contribution in [0.25, 0.3) is 0 Å². The highest BCUT2D eigenvalue weighted by Gasteiger charge is 2.73. The summed E-state index contributed by atoms with van der Waals surface area (Å²) in [6, 6.07) is 0. The molecule has 5 aliphatic rings. The van der Waals surface area contributed by atoms with E-state index in [-0.39, 0.29) is 41.0 Å².